The molecule has 19 heavy (non-hydrogen) atoms. The second-order valence-corrected chi connectivity index (χ2v) is 4.08. The van der Waals surface area contributed by atoms with Crippen LogP contribution in [0.1, 0.15) is 15.9 Å². The van der Waals surface area contributed by atoms with Crippen LogP contribution in [0.5, 0.6) is 5.75 Å². The number of hydrogen-bond acceptors (Lipinski definition) is 2. The number of amides is 1. The summed E-state index contributed by atoms with van der Waals surface area (Å²) < 4.78 is 26.4. The molecule has 5 heteroatoms. The monoisotopic (exact) mass is 263 g/mol. The van der Waals surface area contributed by atoms with E-state index in [1.54, 1.807) is 13.0 Å². The lowest BCUT2D eigenvalue weighted by Crippen LogP contribution is -2.13. The second kappa shape index (κ2) is 5.06. The Kier molecular flexibility index (Phi) is 3.46. The highest BCUT2D eigenvalue weighted by Crippen LogP contribution is 2.22. The minimum atomic E-state index is -1.14. The van der Waals surface area contributed by atoms with Crippen molar-refractivity contribution in [2.75, 3.05) is 5.32 Å². The molecule has 1 amide bonds. The van der Waals surface area contributed by atoms with Gasteiger partial charge in [0.15, 0.2) is 11.6 Å². The first-order chi connectivity index (χ1) is 8.99. The number of phenolic OH excluding ortho intramolecular Hbond substituents is 1. The molecule has 3 nitrogen and oxygen atoms in total. The van der Waals surface area contributed by atoms with Gasteiger partial charge in [-0.2, -0.15) is 0 Å². The number of aryl methyl sites for hydroxylation is 1. The van der Waals surface area contributed by atoms with E-state index in [1.165, 1.54) is 24.3 Å². The zero-order chi connectivity index (χ0) is 14.0. The van der Waals surface area contributed by atoms with E-state index >= 15 is 0 Å². The van der Waals surface area contributed by atoms with Crippen molar-refractivity contribution in [1.82, 2.24) is 0 Å². The predicted molar refractivity (Wildman–Crippen MR) is 67.2 cm³/mol. The molecule has 2 N–H and O–H groups in total. The van der Waals surface area contributed by atoms with E-state index < -0.39 is 17.5 Å². The summed E-state index contributed by atoms with van der Waals surface area (Å²) in [5.74, 6) is -3.11. The van der Waals surface area contributed by atoms with Crippen molar-refractivity contribution in [3.8, 4) is 5.75 Å². The van der Waals surface area contributed by atoms with Gasteiger partial charge in [0.05, 0.1) is 11.3 Å². The molecule has 0 radical (unpaired) electrons. The first kappa shape index (κ1) is 13.0. The summed E-state index contributed by atoms with van der Waals surface area (Å²) in [6.07, 6.45) is 0. The number of carbonyl (C=O) groups is 1. The van der Waals surface area contributed by atoms with Gasteiger partial charge >= 0.3 is 0 Å². The Labute approximate surface area is 108 Å². The van der Waals surface area contributed by atoms with Crippen LogP contribution in [-0.4, -0.2) is 11.0 Å². The van der Waals surface area contributed by atoms with Crippen LogP contribution < -0.4 is 5.32 Å². The average Bonchev–Trinajstić information content (AvgIpc) is 2.38. The molecular weight excluding hydrogens is 252 g/mol. The lowest BCUT2D eigenvalue weighted by atomic mass is 10.1. The summed E-state index contributed by atoms with van der Waals surface area (Å²) >= 11 is 0. The van der Waals surface area contributed by atoms with Crippen LogP contribution >= 0.6 is 0 Å². The van der Waals surface area contributed by atoms with E-state index in [0.29, 0.717) is 0 Å². The molecule has 98 valence electrons. The Morgan fingerprint density at radius 3 is 2.68 bits per heavy atom. The van der Waals surface area contributed by atoms with Gasteiger partial charge in [-0.05, 0) is 31.2 Å². The molecule has 0 aliphatic heterocycles. The maximum absolute atomic E-state index is 13.4. The number of anilines is 1. The Morgan fingerprint density at radius 2 is 1.95 bits per heavy atom. The lowest BCUT2D eigenvalue weighted by Gasteiger charge is -2.08. The predicted octanol–water partition coefficient (Wildman–Crippen LogP) is 3.23. The molecular formula is C14H11F2NO2. The van der Waals surface area contributed by atoms with Crippen molar-refractivity contribution in [1.29, 1.82) is 0 Å². The molecule has 0 saturated carbocycles. The second-order valence-electron chi connectivity index (χ2n) is 4.08. The van der Waals surface area contributed by atoms with Crippen LogP contribution in [0.4, 0.5) is 14.5 Å². The van der Waals surface area contributed by atoms with Crippen LogP contribution in [0.2, 0.25) is 0 Å². The highest BCUT2D eigenvalue weighted by atomic mass is 19.2. The highest BCUT2D eigenvalue weighted by molar-refractivity contribution is 6.06. The zero-order valence-corrected chi connectivity index (χ0v) is 10.1. The van der Waals surface area contributed by atoms with Gasteiger partial charge in [0.1, 0.15) is 5.75 Å². The zero-order valence-electron chi connectivity index (χ0n) is 10.1. The normalized spacial score (nSPS) is 10.3. The van der Waals surface area contributed by atoms with Gasteiger partial charge in [-0.1, -0.05) is 17.7 Å². The van der Waals surface area contributed by atoms with Crippen molar-refractivity contribution in [3.05, 3.63) is 59.2 Å². The number of nitrogens with one attached hydrogen (secondary N) is 1. The standard InChI is InChI=1S/C14H11F2NO2/c1-8-5-6-12(18)9(7-8)14(19)17-11-4-2-3-10(15)13(11)16/h2-7,18H,1H3,(H,17,19). The molecule has 2 aromatic rings. The Bertz CT molecular complexity index is 641. The van der Waals surface area contributed by atoms with Crippen LogP contribution in [0, 0.1) is 18.6 Å². The molecule has 0 fully saturated rings. The molecule has 0 atom stereocenters. The molecule has 0 aliphatic rings. The van der Waals surface area contributed by atoms with Crippen molar-refractivity contribution in [3.63, 3.8) is 0 Å². The third kappa shape index (κ3) is 2.70. The van der Waals surface area contributed by atoms with Crippen LogP contribution in [0.3, 0.4) is 0 Å². The Balaban J connectivity index is 2.31. The molecule has 0 saturated heterocycles. The van der Waals surface area contributed by atoms with Crippen molar-refractivity contribution in [2.24, 2.45) is 0 Å². The minimum Gasteiger partial charge on any atom is -0.507 e. The lowest BCUT2D eigenvalue weighted by molar-refractivity contribution is 0.102. The molecule has 0 aromatic heterocycles. The largest absolute Gasteiger partial charge is 0.507 e. The summed E-state index contributed by atoms with van der Waals surface area (Å²) in [6, 6.07) is 7.94. The first-order valence-electron chi connectivity index (χ1n) is 5.54. The van der Waals surface area contributed by atoms with Gasteiger partial charge in [0.2, 0.25) is 0 Å². The molecule has 2 aromatic carbocycles. The number of benzene rings is 2. The number of rotatable bonds is 2. The van der Waals surface area contributed by atoms with E-state index in [2.05, 4.69) is 5.32 Å². The topological polar surface area (TPSA) is 49.3 Å². The number of phenols is 1. The fourth-order valence-electron chi connectivity index (χ4n) is 1.62. The summed E-state index contributed by atoms with van der Waals surface area (Å²) in [7, 11) is 0. The Hall–Kier alpha value is -2.43. The summed E-state index contributed by atoms with van der Waals surface area (Å²) in [4.78, 5) is 11.9. The maximum Gasteiger partial charge on any atom is 0.259 e. The first-order valence-corrected chi connectivity index (χ1v) is 5.54. The van der Waals surface area contributed by atoms with Crippen molar-refractivity contribution >= 4 is 11.6 Å². The van der Waals surface area contributed by atoms with E-state index in [0.717, 1.165) is 11.6 Å². The summed E-state index contributed by atoms with van der Waals surface area (Å²) in [6.45, 7) is 1.75. The number of carbonyl (C=O) groups excluding carboxylic acids is 1. The third-order valence-corrected chi connectivity index (χ3v) is 2.60. The van der Waals surface area contributed by atoms with E-state index in [-0.39, 0.29) is 17.0 Å². The number of hydrogen-bond donors (Lipinski definition) is 2. The van der Waals surface area contributed by atoms with Gasteiger partial charge in [0, 0.05) is 0 Å². The van der Waals surface area contributed by atoms with Crippen LogP contribution in [-0.2, 0) is 0 Å². The van der Waals surface area contributed by atoms with E-state index in [1.807, 2.05) is 0 Å². The van der Waals surface area contributed by atoms with Crippen LogP contribution in [0.25, 0.3) is 0 Å². The van der Waals surface area contributed by atoms with E-state index in [4.69, 9.17) is 0 Å². The van der Waals surface area contributed by atoms with Gasteiger partial charge in [0.25, 0.3) is 5.91 Å². The summed E-state index contributed by atoms with van der Waals surface area (Å²) in [5, 5.41) is 11.8. The molecule has 0 unspecified atom stereocenters. The fraction of sp³-hybridized carbons (Fsp3) is 0.0714. The van der Waals surface area contributed by atoms with Crippen molar-refractivity contribution < 1.29 is 18.7 Å². The van der Waals surface area contributed by atoms with E-state index in [9.17, 15) is 18.7 Å². The SMILES string of the molecule is Cc1ccc(O)c(C(=O)Nc2cccc(F)c2F)c1. The smallest absolute Gasteiger partial charge is 0.259 e. The average molecular weight is 263 g/mol. The van der Waals surface area contributed by atoms with Crippen molar-refractivity contribution in [2.45, 2.75) is 6.92 Å². The van der Waals surface area contributed by atoms with Crippen LogP contribution in [0.15, 0.2) is 36.4 Å². The number of aromatic hydroxyl groups is 1. The quantitative estimate of drug-likeness (QED) is 0.873. The van der Waals surface area contributed by atoms with Gasteiger partial charge < -0.3 is 10.4 Å². The third-order valence-electron chi connectivity index (χ3n) is 2.60. The molecule has 0 heterocycles. The van der Waals surface area contributed by atoms with Gasteiger partial charge in [-0.15, -0.1) is 0 Å². The maximum atomic E-state index is 13.4. The van der Waals surface area contributed by atoms with Gasteiger partial charge in [-0.3, -0.25) is 4.79 Å². The fourth-order valence-corrected chi connectivity index (χ4v) is 1.62. The molecule has 0 spiro atoms. The molecule has 2 rings (SSSR count). The minimum absolute atomic E-state index is 0.00339. The van der Waals surface area contributed by atoms with Gasteiger partial charge in [-0.25, -0.2) is 8.78 Å². The molecule has 0 bridgehead atoms. The number of halogens is 2. The Morgan fingerprint density at radius 1 is 1.21 bits per heavy atom. The summed E-state index contributed by atoms with van der Waals surface area (Å²) in [5.41, 5.74) is 0.497. The highest BCUT2D eigenvalue weighted by Gasteiger charge is 2.15. The molecule has 0 aliphatic carbocycles.